The molecule has 2 fully saturated rings. The molecule has 1 N–H and O–H groups in total. The first kappa shape index (κ1) is 8.05. The number of aliphatic carboxylic acids is 1. The van der Waals surface area contributed by atoms with Gasteiger partial charge in [0.15, 0.2) is 0 Å². The Bertz CT molecular complexity index is 178. The quantitative estimate of drug-likeness (QED) is 0.675. The molecule has 1 aliphatic carbocycles. The number of carboxylic acid groups (broad SMARTS) is 1. The van der Waals surface area contributed by atoms with E-state index in [4.69, 9.17) is 9.84 Å². The second-order valence-electron chi connectivity index (χ2n) is 3.99. The molecule has 1 saturated heterocycles. The van der Waals surface area contributed by atoms with Crippen LogP contribution in [0.4, 0.5) is 0 Å². The first-order chi connectivity index (χ1) is 5.75. The summed E-state index contributed by atoms with van der Waals surface area (Å²) in [6, 6.07) is 0. The van der Waals surface area contributed by atoms with Gasteiger partial charge in [0.05, 0.1) is 0 Å². The number of rotatable bonds is 2. The van der Waals surface area contributed by atoms with E-state index in [9.17, 15) is 4.79 Å². The van der Waals surface area contributed by atoms with Crippen LogP contribution in [0.5, 0.6) is 0 Å². The van der Waals surface area contributed by atoms with Crippen LogP contribution in [0.2, 0.25) is 0 Å². The van der Waals surface area contributed by atoms with Crippen molar-refractivity contribution < 1.29 is 14.6 Å². The van der Waals surface area contributed by atoms with E-state index in [1.807, 2.05) is 0 Å². The number of ether oxygens (including phenoxy) is 1. The number of hydrogen-bond acceptors (Lipinski definition) is 2. The molecule has 1 aliphatic heterocycles. The van der Waals surface area contributed by atoms with E-state index in [-0.39, 0.29) is 0 Å². The van der Waals surface area contributed by atoms with E-state index in [1.165, 1.54) is 0 Å². The summed E-state index contributed by atoms with van der Waals surface area (Å²) in [5.41, 5.74) is 0. The zero-order valence-electron chi connectivity index (χ0n) is 7.03. The van der Waals surface area contributed by atoms with Crippen LogP contribution >= 0.6 is 0 Å². The van der Waals surface area contributed by atoms with Crippen molar-refractivity contribution in [2.75, 3.05) is 13.2 Å². The van der Waals surface area contributed by atoms with Crippen molar-refractivity contribution in [3.63, 3.8) is 0 Å². The molecule has 68 valence electrons. The van der Waals surface area contributed by atoms with Gasteiger partial charge in [0.1, 0.15) is 0 Å². The van der Waals surface area contributed by atoms with Crippen molar-refractivity contribution in [3.05, 3.63) is 0 Å². The van der Waals surface area contributed by atoms with Crippen molar-refractivity contribution in [1.82, 2.24) is 0 Å². The number of carbonyl (C=O) groups is 1. The summed E-state index contributed by atoms with van der Waals surface area (Å²) in [5.74, 6) is 1.09. The molecule has 3 nitrogen and oxygen atoms in total. The fourth-order valence-electron chi connectivity index (χ4n) is 2.53. The van der Waals surface area contributed by atoms with Crippen LogP contribution in [0.25, 0.3) is 0 Å². The number of carboxylic acids is 1. The summed E-state index contributed by atoms with van der Waals surface area (Å²) in [6.07, 6.45) is 2.49. The number of fused-ring (bicyclic) bond motifs is 1. The molecular formula is C9H14O3. The predicted octanol–water partition coefficient (Wildman–Crippen LogP) is 1.13. The Hall–Kier alpha value is -0.570. The van der Waals surface area contributed by atoms with E-state index in [2.05, 4.69) is 0 Å². The van der Waals surface area contributed by atoms with E-state index in [0.717, 1.165) is 26.1 Å². The lowest BCUT2D eigenvalue weighted by Gasteiger charge is -2.06. The fraction of sp³-hybridized carbons (Fsp3) is 0.889. The predicted molar refractivity (Wildman–Crippen MR) is 42.8 cm³/mol. The Morgan fingerprint density at radius 3 is 2.42 bits per heavy atom. The summed E-state index contributed by atoms with van der Waals surface area (Å²) in [6.45, 7) is 1.72. The summed E-state index contributed by atoms with van der Waals surface area (Å²) in [5, 5.41) is 8.61. The zero-order chi connectivity index (χ0) is 8.55. The highest BCUT2D eigenvalue weighted by Crippen LogP contribution is 2.41. The van der Waals surface area contributed by atoms with Gasteiger partial charge in [-0.2, -0.15) is 0 Å². The van der Waals surface area contributed by atoms with E-state index >= 15 is 0 Å². The second kappa shape index (κ2) is 3.05. The summed E-state index contributed by atoms with van der Waals surface area (Å²) in [4.78, 5) is 10.4. The van der Waals surface area contributed by atoms with Crippen LogP contribution in [-0.4, -0.2) is 24.3 Å². The highest BCUT2D eigenvalue weighted by atomic mass is 16.5. The highest BCUT2D eigenvalue weighted by Gasteiger charge is 2.38. The molecule has 1 heterocycles. The molecule has 2 rings (SSSR count). The third kappa shape index (κ3) is 1.46. The van der Waals surface area contributed by atoms with E-state index in [0.29, 0.717) is 24.2 Å². The first-order valence-electron chi connectivity index (χ1n) is 4.55. The number of hydrogen-bond donors (Lipinski definition) is 1. The van der Waals surface area contributed by atoms with Crippen molar-refractivity contribution in [2.45, 2.75) is 19.3 Å². The summed E-state index contributed by atoms with van der Waals surface area (Å²) >= 11 is 0. The Morgan fingerprint density at radius 2 is 1.92 bits per heavy atom. The molecule has 12 heavy (non-hydrogen) atoms. The molecule has 0 aromatic carbocycles. The molecule has 0 aromatic rings. The van der Waals surface area contributed by atoms with Crippen molar-refractivity contribution in [2.24, 2.45) is 17.8 Å². The van der Waals surface area contributed by atoms with Gasteiger partial charge in [0.25, 0.3) is 0 Å². The average molecular weight is 170 g/mol. The minimum atomic E-state index is -0.652. The van der Waals surface area contributed by atoms with Crippen molar-refractivity contribution >= 4 is 5.97 Å². The molecule has 0 amide bonds. The average Bonchev–Trinajstić information content (AvgIpc) is 2.43. The molecule has 0 radical (unpaired) electrons. The third-order valence-electron chi connectivity index (χ3n) is 3.07. The second-order valence-corrected chi connectivity index (χ2v) is 3.99. The van der Waals surface area contributed by atoms with Crippen LogP contribution < -0.4 is 0 Å². The van der Waals surface area contributed by atoms with E-state index in [1.54, 1.807) is 0 Å². The van der Waals surface area contributed by atoms with E-state index < -0.39 is 5.97 Å². The van der Waals surface area contributed by atoms with Crippen LogP contribution in [0, 0.1) is 17.8 Å². The Kier molecular flexibility index (Phi) is 2.05. The van der Waals surface area contributed by atoms with Gasteiger partial charge in [-0.3, -0.25) is 4.79 Å². The minimum Gasteiger partial charge on any atom is -0.481 e. The Labute approximate surface area is 71.7 Å². The molecule has 1 saturated carbocycles. The zero-order valence-corrected chi connectivity index (χ0v) is 7.03. The normalized spacial score (nSPS) is 39.8. The largest absolute Gasteiger partial charge is 0.481 e. The minimum absolute atomic E-state index is 0.354. The molecule has 2 atom stereocenters. The molecule has 0 spiro atoms. The lowest BCUT2D eigenvalue weighted by molar-refractivity contribution is -0.138. The van der Waals surface area contributed by atoms with Gasteiger partial charge in [0.2, 0.25) is 0 Å². The maximum Gasteiger partial charge on any atom is 0.303 e. The maximum atomic E-state index is 10.4. The fourth-order valence-corrected chi connectivity index (χ4v) is 2.53. The SMILES string of the molecule is O=C(O)CC1CC2COCC2C1. The van der Waals surface area contributed by atoms with Gasteiger partial charge in [-0.1, -0.05) is 0 Å². The van der Waals surface area contributed by atoms with Crippen LogP contribution in [0.3, 0.4) is 0 Å². The molecule has 2 unspecified atom stereocenters. The third-order valence-corrected chi connectivity index (χ3v) is 3.07. The molecule has 0 aromatic heterocycles. The molecule has 2 aliphatic rings. The van der Waals surface area contributed by atoms with Gasteiger partial charge >= 0.3 is 5.97 Å². The van der Waals surface area contributed by atoms with Gasteiger partial charge in [0, 0.05) is 19.6 Å². The smallest absolute Gasteiger partial charge is 0.303 e. The van der Waals surface area contributed by atoms with Gasteiger partial charge in [-0.15, -0.1) is 0 Å². The van der Waals surface area contributed by atoms with Crippen LogP contribution in [0.1, 0.15) is 19.3 Å². The lowest BCUT2D eigenvalue weighted by Crippen LogP contribution is -2.06. The van der Waals surface area contributed by atoms with Crippen LogP contribution in [0.15, 0.2) is 0 Å². The lowest BCUT2D eigenvalue weighted by atomic mass is 10.0. The van der Waals surface area contributed by atoms with Gasteiger partial charge in [-0.05, 0) is 30.6 Å². The Balaban J connectivity index is 1.86. The highest BCUT2D eigenvalue weighted by molar-refractivity contribution is 5.67. The van der Waals surface area contributed by atoms with Gasteiger partial charge in [-0.25, -0.2) is 0 Å². The standard InChI is InChI=1S/C9H14O3/c10-9(11)3-6-1-7-4-12-5-8(7)2-6/h6-8H,1-5H2,(H,10,11). The molecule has 0 bridgehead atoms. The molecular weight excluding hydrogens is 156 g/mol. The first-order valence-corrected chi connectivity index (χ1v) is 4.55. The van der Waals surface area contributed by atoms with Gasteiger partial charge < -0.3 is 9.84 Å². The van der Waals surface area contributed by atoms with Crippen molar-refractivity contribution in [3.8, 4) is 0 Å². The monoisotopic (exact) mass is 170 g/mol. The van der Waals surface area contributed by atoms with Crippen LogP contribution in [-0.2, 0) is 9.53 Å². The van der Waals surface area contributed by atoms with Crippen molar-refractivity contribution in [1.29, 1.82) is 0 Å². The Morgan fingerprint density at radius 1 is 1.33 bits per heavy atom. The maximum absolute atomic E-state index is 10.4. The molecule has 3 heteroatoms. The summed E-state index contributed by atoms with van der Waals surface area (Å²) < 4.78 is 5.32. The topological polar surface area (TPSA) is 46.5 Å². The summed E-state index contributed by atoms with van der Waals surface area (Å²) in [7, 11) is 0.